The second-order valence-electron chi connectivity index (χ2n) is 9.27. The summed E-state index contributed by atoms with van der Waals surface area (Å²) >= 11 is 0. The fraction of sp³-hybridized carbons (Fsp3) is 0.522. The van der Waals surface area contributed by atoms with Crippen LogP contribution in [0.5, 0.6) is 0 Å². The fourth-order valence-electron chi connectivity index (χ4n) is 4.33. The zero-order chi connectivity index (χ0) is 21.3. The SMILES string of the molecule is CN1C=CC=C(N2CCN(C(=O)Cn3nc(C4=CCC(C)(C)C4)ccc3=O)CC2)C1. The first-order valence-electron chi connectivity index (χ1n) is 10.7. The number of carbonyl (C=O) groups is 1. The third-order valence-electron chi connectivity index (χ3n) is 6.13. The molecule has 0 radical (unpaired) electrons. The maximum absolute atomic E-state index is 12.8. The predicted molar refractivity (Wildman–Crippen MR) is 117 cm³/mol. The van der Waals surface area contributed by atoms with Gasteiger partial charge < -0.3 is 14.7 Å². The maximum Gasteiger partial charge on any atom is 0.267 e. The minimum Gasteiger partial charge on any atom is -0.375 e. The molecule has 1 aliphatic carbocycles. The zero-order valence-corrected chi connectivity index (χ0v) is 18.2. The predicted octanol–water partition coefficient (Wildman–Crippen LogP) is 1.93. The summed E-state index contributed by atoms with van der Waals surface area (Å²) in [5.74, 6) is -0.0447. The van der Waals surface area contributed by atoms with Crippen LogP contribution in [-0.4, -0.2) is 70.2 Å². The smallest absolute Gasteiger partial charge is 0.267 e. The summed E-state index contributed by atoms with van der Waals surface area (Å²) in [5, 5.41) is 4.51. The van der Waals surface area contributed by atoms with Crippen LogP contribution in [0.25, 0.3) is 5.57 Å². The van der Waals surface area contributed by atoms with Gasteiger partial charge in [0, 0.05) is 45.0 Å². The number of amides is 1. The van der Waals surface area contributed by atoms with Crippen LogP contribution in [0.3, 0.4) is 0 Å². The van der Waals surface area contributed by atoms with Crippen molar-refractivity contribution in [1.29, 1.82) is 0 Å². The van der Waals surface area contributed by atoms with Crippen molar-refractivity contribution in [3.8, 4) is 0 Å². The molecular weight excluding hydrogens is 378 g/mol. The van der Waals surface area contributed by atoms with Gasteiger partial charge in [0.05, 0.1) is 12.2 Å². The van der Waals surface area contributed by atoms with Crippen LogP contribution in [0.15, 0.2) is 47.1 Å². The van der Waals surface area contributed by atoms with E-state index in [-0.39, 0.29) is 23.4 Å². The van der Waals surface area contributed by atoms with Gasteiger partial charge in [0.2, 0.25) is 5.91 Å². The highest BCUT2D eigenvalue weighted by Crippen LogP contribution is 2.40. The molecule has 2 aliphatic heterocycles. The van der Waals surface area contributed by atoms with Gasteiger partial charge >= 0.3 is 0 Å². The van der Waals surface area contributed by atoms with Crippen molar-refractivity contribution in [3.05, 3.63) is 58.3 Å². The number of likely N-dealkylation sites (N-methyl/N-ethyl adjacent to an activating group) is 1. The molecule has 4 rings (SSSR count). The van der Waals surface area contributed by atoms with E-state index in [4.69, 9.17) is 0 Å². The van der Waals surface area contributed by atoms with Crippen LogP contribution in [0.2, 0.25) is 0 Å². The summed E-state index contributed by atoms with van der Waals surface area (Å²) in [5.41, 5.74) is 3.25. The molecule has 1 fully saturated rings. The molecule has 0 saturated carbocycles. The second kappa shape index (κ2) is 8.13. The highest BCUT2D eigenvalue weighted by atomic mass is 16.2. The van der Waals surface area contributed by atoms with Gasteiger partial charge in [-0.05, 0) is 48.2 Å². The molecule has 0 unspecified atom stereocenters. The number of rotatable bonds is 4. The normalized spacial score (nSPS) is 21.0. The van der Waals surface area contributed by atoms with Crippen LogP contribution in [-0.2, 0) is 11.3 Å². The summed E-state index contributed by atoms with van der Waals surface area (Å²) in [6.07, 6.45) is 10.4. The number of aromatic nitrogens is 2. The fourth-order valence-corrected chi connectivity index (χ4v) is 4.33. The molecule has 0 bridgehead atoms. The number of nitrogens with zero attached hydrogens (tertiary/aromatic N) is 5. The van der Waals surface area contributed by atoms with E-state index in [1.54, 1.807) is 6.07 Å². The van der Waals surface area contributed by atoms with E-state index < -0.39 is 0 Å². The summed E-state index contributed by atoms with van der Waals surface area (Å²) in [6, 6.07) is 3.30. The standard InChI is InChI=1S/C23H31N5O2/c1-23(2)9-8-18(15-23)20-6-7-21(29)28(24-20)17-22(30)27-13-11-26(12-14-27)19-5-4-10-25(3)16-19/h4-8,10H,9,11-17H2,1-3H3. The Morgan fingerprint density at radius 3 is 2.60 bits per heavy atom. The van der Waals surface area contributed by atoms with E-state index in [0.717, 1.165) is 43.7 Å². The molecule has 1 aromatic heterocycles. The average molecular weight is 410 g/mol. The molecule has 0 spiro atoms. The summed E-state index contributed by atoms with van der Waals surface area (Å²) in [7, 11) is 2.06. The summed E-state index contributed by atoms with van der Waals surface area (Å²) in [6.45, 7) is 8.30. The molecule has 0 aromatic carbocycles. The second-order valence-corrected chi connectivity index (χ2v) is 9.27. The Bertz CT molecular complexity index is 964. The summed E-state index contributed by atoms with van der Waals surface area (Å²) < 4.78 is 1.32. The van der Waals surface area contributed by atoms with Crippen molar-refractivity contribution in [1.82, 2.24) is 24.5 Å². The lowest BCUT2D eigenvalue weighted by atomic mass is 9.89. The molecule has 30 heavy (non-hydrogen) atoms. The van der Waals surface area contributed by atoms with Gasteiger partial charge in [0.25, 0.3) is 5.56 Å². The average Bonchev–Trinajstić information content (AvgIpc) is 3.09. The van der Waals surface area contributed by atoms with Crippen LogP contribution >= 0.6 is 0 Å². The summed E-state index contributed by atoms with van der Waals surface area (Å²) in [4.78, 5) is 31.5. The first-order chi connectivity index (χ1) is 14.3. The molecule has 3 heterocycles. The highest BCUT2D eigenvalue weighted by molar-refractivity contribution is 5.76. The third-order valence-corrected chi connectivity index (χ3v) is 6.13. The van der Waals surface area contributed by atoms with Crippen molar-refractivity contribution >= 4 is 11.5 Å². The van der Waals surface area contributed by atoms with E-state index in [1.165, 1.54) is 16.4 Å². The van der Waals surface area contributed by atoms with Crippen molar-refractivity contribution in [2.45, 2.75) is 33.2 Å². The minimum atomic E-state index is -0.231. The minimum absolute atomic E-state index is 0.00246. The van der Waals surface area contributed by atoms with E-state index in [0.29, 0.717) is 13.1 Å². The Morgan fingerprint density at radius 2 is 1.93 bits per heavy atom. The lowest BCUT2D eigenvalue weighted by Crippen LogP contribution is -2.50. The number of carbonyl (C=O) groups excluding carboxylic acids is 1. The Hall–Kier alpha value is -2.83. The third kappa shape index (κ3) is 4.50. The van der Waals surface area contributed by atoms with Gasteiger partial charge in [-0.3, -0.25) is 9.59 Å². The van der Waals surface area contributed by atoms with Gasteiger partial charge in [-0.15, -0.1) is 0 Å². The van der Waals surface area contributed by atoms with Crippen LogP contribution in [0.4, 0.5) is 0 Å². The van der Waals surface area contributed by atoms with Crippen LogP contribution in [0.1, 0.15) is 32.4 Å². The van der Waals surface area contributed by atoms with Crippen LogP contribution < -0.4 is 5.56 Å². The van der Waals surface area contributed by atoms with Gasteiger partial charge in [-0.25, -0.2) is 4.68 Å². The maximum atomic E-state index is 12.8. The first kappa shape index (κ1) is 20.4. The van der Waals surface area contributed by atoms with Crippen molar-refractivity contribution in [3.63, 3.8) is 0 Å². The number of piperazine rings is 1. The Kier molecular flexibility index (Phi) is 5.54. The van der Waals surface area contributed by atoms with Crippen molar-refractivity contribution < 1.29 is 4.79 Å². The van der Waals surface area contributed by atoms with Crippen molar-refractivity contribution in [2.75, 3.05) is 39.8 Å². The quantitative estimate of drug-likeness (QED) is 0.761. The Balaban J connectivity index is 1.38. The lowest BCUT2D eigenvalue weighted by molar-refractivity contribution is -0.133. The topological polar surface area (TPSA) is 61.7 Å². The van der Waals surface area contributed by atoms with Crippen molar-refractivity contribution in [2.24, 2.45) is 5.41 Å². The van der Waals surface area contributed by atoms with Crippen LogP contribution in [0, 0.1) is 5.41 Å². The largest absolute Gasteiger partial charge is 0.375 e. The Labute approximate surface area is 177 Å². The molecule has 3 aliphatic rings. The van der Waals surface area contributed by atoms with E-state index >= 15 is 0 Å². The molecule has 160 valence electrons. The molecule has 7 nitrogen and oxygen atoms in total. The lowest BCUT2D eigenvalue weighted by Gasteiger charge is -2.38. The van der Waals surface area contributed by atoms with Gasteiger partial charge in [-0.1, -0.05) is 19.9 Å². The van der Waals surface area contributed by atoms with E-state index in [9.17, 15) is 9.59 Å². The Morgan fingerprint density at radius 1 is 1.17 bits per heavy atom. The molecule has 1 amide bonds. The monoisotopic (exact) mass is 409 g/mol. The molecule has 1 aromatic rings. The van der Waals surface area contributed by atoms with Gasteiger partial charge in [-0.2, -0.15) is 5.10 Å². The molecule has 1 saturated heterocycles. The zero-order valence-electron chi connectivity index (χ0n) is 18.2. The highest BCUT2D eigenvalue weighted by Gasteiger charge is 2.27. The van der Waals surface area contributed by atoms with Gasteiger partial charge in [0.1, 0.15) is 6.54 Å². The number of hydrogen-bond donors (Lipinski definition) is 0. The molecule has 0 N–H and O–H groups in total. The molecule has 7 heteroatoms. The number of allylic oxidation sites excluding steroid dienone is 4. The molecular formula is C23H31N5O2. The van der Waals surface area contributed by atoms with E-state index in [1.807, 2.05) is 4.90 Å². The number of hydrogen-bond acceptors (Lipinski definition) is 5. The molecule has 0 atom stereocenters. The van der Waals surface area contributed by atoms with Gasteiger partial charge in [0.15, 0.2) is 0 Å². The van der Waals surface area contributed by atoms with E-state index in [2.05, 4.69) is 60.2 Å². The first-order valence-corrected chi connectivity index (χ1v) is 10.7.